The molecule has 1 aliphatic heterocycles. The van der Waals surface area contributed by atoms with Gasteiger partial charge in [0.1, 0.15) is 7.11 Å². The minimum Gasteiger partial charge on any atom is -0.416 e. The predicted molar refractivity (Wildman–Crippen MR) is 137 cm³/mol. The van der Waals surface area contributed by atoms with Gasteiger partial charge in [-0.15, -0.1) is 0 Å². The second-order valence-corrected chi connectivity index (χ2v) is 8.45. The van der Waals surface area contributed by atoms with E-state index in [0.717, 1.165) is 67.3 Å². The van der Waals surface area contributed by atoms with Crippen LogP contribution in [-0.4, -0.2) is 27.5 Å². The van der Waals surface area contributed by atoms with E-state index >= 15 is 0 Å². The van der Waals surface area contributed by atoms with Gasteiger partial charge in [-0.25, -0.2) is 0 Å². The first-order valence-corrected chi connectivity index (χ1v) is 11.3. The van der Waals surface area contributed by atoms with Gasteiger partial charge in [-0.3, -0.25) is 15.0 Å². The largest absolute Gasteiger partial charge is 0.416 e. The smallest absolute Gasteiger partial charge is 0.104 e. The molecule has 3 aromatic carbocycles. The third-order valence-corrected chi connectivity index (χ3v) is 6.65. The fraction of sp³-hybridized carbons (Fsp3) is 0.0690. The molecule has 5 heteroatoms. The number of nitrogens with zero attached hydrogens (tertiary/aromatic N) is 4. The van der Waals surface area contributed by atoms with Crippen LogP contribution in [0.25, 0.3) is 44.0 Å². The van der Waals surface area contributed by atoms with Crippen molar-refractivity contribution in [3.63, 3.8) is 0 Å². The molecule has 0 unspecified atom stereocenters. The van der Waals surface area contributed by atoms with Crippen molar-refractivity contribution in [3.05, 3.63) is 102 Å². The van der Waals surface area contributed by atoms with Crippen molar-refractivity contribution in [2.24, 2.45) is 4.99 Å². The Kier molecular flexibility index (Phi) is 4.05. The summed E-state index contributed by atoms with van der Waals surface area (Å²) in [6, 6.07) is 26.9. The Morgan fingerprint density at radius 1 is 0.735 bits per heavy atom. The molecule has 5 nitrogen and oxygen atoms in total. The molecule has 0 atom stereocenters. The highest BCUT2D eigenvalue weighted by molar-refractivity contribution is 6.23. The molecule has 0 spiro atoms. The Bertz CT molecular complexity index is 1770. The van der Waals surface area contributed by atoms with Gasteiger partial charge in [-0.2, -0.15) is 4.73 Å². The van der Waals surface area contributed by atoms with Crippen molar-refractivity contribution in [2.45, 2.75) is 6.42 Å². The maximum Gasteiger partial charge on any atom is 0.104 e. The van der Waals surface area contributed by atoms with Crippen LogP contribution in [0, 0.1) is 0 Å². The summed E-state index contributed by atoms with van der Waals surface area (Å²) in [5.74, 6) is 0. The number of aromatic nitrogens is 3. The van der Waals surface area contributed by atoms with Crippen molar-refractivity contribution in [1.82, 2.24) is 14.7 Å². The minimum absolute atomic E-state index is 0.722. The monoisotopic (exact) mass is 440 g/mol. The van der Waals surface area contributed by atoms with Gasteiger partial charge >= 0.3 is 0 Å². The molecule has 0 fully saturated rings. The maximum atomic E-state index is 5.91. The van der Waals surface area contributed by atoms with E-state index < -0.39 is 0 Å². The molecule has 0 saturated heterocycles. The molecule has 3 aromatic heterocycles. The number of fused-ring (bicyclic) bond motifs is 7. The lowest BCUT2D eigenvalue weighted by molar-refractivity contribution is 0.183. The second kappa shape index (κ2) is 7.25. The van der Waals surface area contributed by atoms with Gasteiger partial charge in [0.15, 0.2) is 0 Å². The van der Waals surface area contributed by atoms with Crippen LogP contribution in [0.4, 0.5) is 5.69 Å². The summed E-state index contributed by atoms with van der Waals surface area (Å²) in [6.07, 6.45) is 4.38. The predicted octanol–water partition coefficient (Wildman–Crippen LogP) is 6.14. The van der Waals surface area contributed by atoms with Crippen LogP contribution in [0.1, 0.15) is 11.1 Å². The third-order valence-electron chi connectivity index (χ3n) is 6.65. The van der Waals surface area contributed by atoms with Crippen molar-refractivity contribution >= 4 is 44.1 Å². The fourth-order valence-corrected chi connectivity index (χ4v) is 5.26. The highest BCUT2D eigenvalue weighted by atomic mass is 16.6. The first-order chi connectivity index (χ1) is 16.8. The molecule has 0 N–H and O–H groups in total. The van der Waals surface area contributed by atoms with Crippen LogP contribution >= 0.6 is 0 Å². The molecular weight excluding hydrogens is 420 g/mol. The second-order valence-electron chi connectivity index (χ2n) is 8.45. The number of pyridine rings is 2. The number of hydrogen-bond donors (Lipinski definition) is 0. The quantitative estimate of drug-likeness (QED) is 0.311. The first-order valence-electron chi connectivity index (χ1n) is 11.3. The van der Waals surface area contributed by atoms with Crippen LogP contribution in [0.2, 0.25) is 0 Å². The number of para-hydroxylation sites is 1. The van der Waals surface area contributed by atoms with Gasteiger partial charge in [-0.05, 0) is 29.8 Å². The molecule has 4 heterocycles. The van der Waals surface area contributed by atoms with Crippen molar-refractivity contribution in [2.75, 3.05) is 7.11 Å². The van der Waals surface area contributed by atoms with Gasteiger partial charge in [0.05, 0.1) is 33.6 Å². The lowest BCUT2D eigenvalue weighted by atomic mass is 9.95. The molecule has 0 bridgehead atoms. The van der Waals surface area contributed by atoms with E-state index in [9.17, 15) is 0 Å². The van der Waals surface area contributed by atoms with E-state index in [1.54, 1.807) is 7.11 Å². The SMILES string of the molecule is COn1c(-c2ccccc2)c(C2=Nc3c(c4cccnc4c4ncccc34)C2)c2ccccc21. The van der Waals surface area contributed by atoms with E-state index in [4.69, 9.17) is 9.83 Å². The fourth-order valence-electron chi connectivity index (χ4n) is 5.26. The summed E-state index contributed by atoms with van der Waals surface area (Å²) in [5.41, 5.74) is 9.28. The van der Waals surface area contributed by atoms with Crippen LogP contribution < -0.4 is 4.84 Å². The highest BCUT2D eigenvalue weighted by Gasteiger charge is 2.29. The molecule has 0 amide bonds. The number of hydrogen-bond acceptors (Lipinski definition) is 4. The van der Waals surface area contributed by atoms with Gasteiger partial charge in [0.25, 0.3) is 0 Å². The molecule has 1 aliphatic rings. The van der Waals surface area contributed by atoms with Crippen LogP contribution in [0.5, 0.6) is 0 Å². The van der Waals surface area contributed by atoms with Gasteiger partial charge < -0.3 is 4.84 Å². The topological polar surface area (TPSA) is 52.3 Å². The summed E-state index contributed by atoms with van der Waals surface area (Å²) in [7, 11) is 1.71. The normalized spacial score (nSPS) is 12.9. The lowest BCUT2D eigenvalue weighted by Crippen LogP contribution is -2.09. The zero-order chi connectivity index (χ0) is 22.6. The molecule has 7 rings (SSSR count). The standard InChI is InChI=1S/C29H20N4O/c1-34-33-24-14-6-5-11-20(24)25(29(33)18-9-3-2-4-10-18)23-17-22-19-12-7-15-30-27(19)28-21(26(22)32-23)13-8-16-31-28/h2-16H,17H2,1H3. The third kappa shape index (κ3) is 2.58. The summed E-state index contributed by atoms with van der Waals surface area (Å²) in [6.45, 7) is 0. The van der Waals surface area contributed by atoms with E-state index in [1.807, 2.05) is 41.4 Å². The molecule has 0 radical (unpaired) electrons. The summed E-state index contributed by atoms with van der Waals surface area (Å²) in [4.78, 5) is 20.5. The number of rotatable bonds is 3. The molecular formula is C29H20N4O. The van der Waals surface area contributed by atoms with E-state index in [0.29, 0.717) is 0 Å². The summed E-state index contributed by atoms with van der Waals surface area (Å²) < 4.78 is 1.92. The molecule has 34 heavy (non-hydrogen) atoms. The van der Waals surface area contributed by atoms with Crippen molar-refractivity contribution < 1.29 is 4.84 Å². The average molecular weight is 441 g/mol. The summed E-state index contributed by atoms with van der Waals surface area (Å²) >= 11 is 0. The van der Waals surface area contributed by atoms with Gasteiger partial charge in [0, 0.05) is 46.1 Å². The van der Waals surface area contributed by atoms with Crippen LogP contribution in [0.3, 0.4) is 0 Å². The van der Waals surface area contributed by atoms with Crippen molar-refractivity contribution in [3.8, 4) is 11.3 Å². The Labute approximate surface area is 196 Å². The zero-order valence-electron chi connectivity index (χ0n) is 18.6. The zero-order valence-corrected chi connectivity index (χ0v) is 18.6. The Balaban J connectivity index is 1.56. The van der Waals surface area contributed by atoms with E-state index in [-0.39, 0.29) is 0 Å². The Morgan fingerprint density at radius 2 is 1.41 bits per heavy atom. The van der Waals surface area contributed by atoms with Crippen LogP contribution in [-0.2, 0) is 6.42 Å². The summed E-state index contributed by atoms with van der Waals surface area (Å²) in [5, 5.41) is 3.27. The maximum absolute atomic E-state index is 5.91. The van der Waals surface area contributed by atoms with Gasteiger partial charge in [0.2, 0.25) is 0 Å². The first kappa shape index (κ1) is 19.0. The van der Waals surface area contributed by atoms with Gasteiger partial charge in [-0.1, -0.05) is 54.6 Å². The molecule has 6 aromatic rings. The minimum atomic E-state index is 0.722. The molecule has 0 saturated carbocycles. The Morgan fingerprint density at radius 3 is 2.21 bits per heavy atom. The van der Waals surface area contributed by atoms with Crippen molar-refractivity contribution in [1.29, 1.82) is 0 Å². The number of aliphatic imine (C=N–C) groups is 1. The lowest BCUT2D eigenvalue weighted by Gasteiger charge is -2.11. The van der Waals surface area contributed by atoms with E-state index in [2.05, 4.69) is 64.6 Å². The van der Waals surface area contributed by atoms with E-state index in [1.165, 1.54) is 5.56 Å². The van der Waals surface area contributed by atoms with Crippen LogP contribution in [0.15, 0.2) is 96.2 Å². The molecule has 0 aliphatic carbocycles. The average Bonchev–Trinajstić information content (AvgIpc) is 3.49. The highest BCUT2D eigenvalue weighted by Crippen LogP contribution is 2.43. The number of benzene rings is 3. The Hall–Kier alpha value is -4.51. The molecule has 162 valence electrons.